The van der Waals surface area contributed by atoms with Crippen molar-refractivity contribution in [3.8, 4) is 0 Å². The minimum atomic E-state index is 0.0804. The van der Waals surface area contributed by atoms with Crippen molar-refractivity contribution in [2.45, 2.75) is 13.8 Å². The summed E-state index contributed by atoms with van der Waals surface area (Å²) in [6, 6.07) is 12.0. The first-order valence-corrected chi connectivity index (χ1v) is 5.39. The van der Waals surface area contributed by atoms with Crippen LogP contribution in [-0.2, 0) is 0 Å². The molecule has 0 radical (unpaired) electrons. The summed E-state index contributed by atoms with van der Waals surface area (Å²) in [6.45, 7) is 3.83. The molecule has 2 rings (SSSR count). The topological polar surface area (TPSA) is 17.1 Å². The molecule has 0 saturated carbocycles. The van der Waals surface area contributed by atoms with Crippen molar-refractivity contribution < 1.29 is 4.79 Å². The summed E-state index contributed by atoms with van der Waals surface area (Å²) in [5, 5.41) is 2.14. The number of hydrogen-bond acceptors (Lipinski definition) is 1. The molecule has 0 unspecified atom stereocenters. The van der Waals surface area contributed by atoms with E-state index in [-0.39, 0.29) is 5.78 Å². The largest absolute Gasteiger partial charge is 0.289 e. The van der Waals surface area contributed by atoms with Crippen LogP contribution < -0.4 is 0 Å². The minimum absolute atomic E-state index is 0.0804. The Balaban J connectivity index is 2.75. The van der Waals surface area contributed by atoms with Gasteiger partial charge in [-0.1, -0.05) is 42.5 Å². The number of ketones is 1. The third-order valence-electron chi connectivity index (χ3n) is 2.70. The second kappa shape index (κ2) is 4.31. The fourth-order valence-corrected chi connectivity index (χ4v) is 1.94. The second-order valence-electron chi connectivity index (χ2n) is 3.84. The molecule has 2 aromatic carbocycles. The van der Waals surface area contributed by atoms with Gasteiger partial charge >= 0.3 is 0 Å². The highest BCUT2D eigenvalue weighted by atomic mass is 16.1. The molecule has 80 valence electrons. The van der Waals surface area contributed by atoms with Crippen LogP contribution in [0.15, 0.2) is 48.6 Å². The van der Waals surface area contributed by atoms with Gasteiger partial charge in [-0.2, -0.15) is 0 Å². The zero-order valence-corrected chi connectivity index (χ0v) is 9.53. The first-order valence-electron chi connectivity index (χ1n) is 5.39. The zero-order chi connectivity index (χ0) is 11.5. The van der Waals surface area contributed by atoms with Gasteiger partial charge in [0.2, 0.25) is 0 Å². The highest BCUT2D eigenvalue weighted by Gasteiger charge is 2.09. The molecule has 0 fully saturated rings. The predicted molar refractivity (Wildman–Crippen MR) is 67.8 cm³/mol. The molecule has 1 nitrogen and oxygen atoms in total. The van der Waals surface area contributed by atoms with Gasteiger partial charge in [-0.25, -0.2) is 0 Å². The summed E-state index contributed by atoms with van der Waals surface area (Å²) in [6.07, 6.45) is 3.40. The van der Waals surface area contributed by atoms with E-state index in [0.29, 0.717) is 0 Å². The molecular weight excluding hydrogens is 196 g/mol. The van der Waals surface area contributed by atoms with Crippen molar-refractivity contribution >= 4 is 16.6 Å². The van der Waals surface area contributed by atoms with Crippen LogP contribution in [0.3, 0.4) is 0 Å². The number of aryl methyl sites for hydroxylation is 1. The van der Waals surface area contributed by atoms with Crippen molar-refractivity contribution in [2.75, 3.05) is 0 Å². The number of hydrogen-bond donors (Lipinski definition) is 0. The fraction of sp³-hybridized carbons (Fsp3) is 0.133. The van der Waals surface area contributed by atoms with E-state index < -0.39 is 0 Å². The van der Waals surface area contributed by atoms with Crippen molar-refractivity contribution in [1.82, 2.24) is 0 Å². The lowest BCUT2D eigenvalue weighted by Gasteiger charge is -2.07. The number of benzene rings is 2. The van der Waals surface area contributed by atoms with Gasteiger partial charge in [-0.15, -0.1) is 0 Å². The van der Waals surface area contributed by atoms with Crippen LogP contribution in [0.25, 0.3) is 10.8 Å². The van der Waals surface area contributed by atoms with E-state index in [4.69, 9.17) is 0 Å². The first kappa shape index (κ1) is 10.6. The van der Waals surface area contributed by atoms with E-state index in [1.807, 2.05) is 44.2 Å². The van der Waals surface area contributed by atoms with Gasteiger partial charge in [-0.05, 0) is 36.3 Å². The Labute approximate surface area is 95.4 Å². The Morgan fingerprint density at radius 2 is 1.88 bits per heavy atom. The van der Waals surface area contributed by atoms with Crippen LogP contribution in [-0.4, -0.2) is 5.78 Å². The van der Waals surface area contributed by atoms with Crippen LogP contribution >= 0.6 is 0 Å². The number of carbonyl (C=O) groups is 1. The Hall–Kier alpha value is -1.89. The van der Waals surface area contributed by atoms with Gasteiger partial charge in [0.25, 0.3) is 0 Å². The van der Waals surface area contributed by atoms with E-state index in [9.17, 15) is 4.79 Å². The molecular formula is C15H14O. The standard InChI is InChI=1S/C15H14O/c1-3-6-14(16)15-11(2)9-10-12-7-4-5-8-13(12)15/h3-10H,1-2H3/b6-3+. The summed E-state index contributed by atoms with van der Waals surface area (Å²) in [5.41, 5.74) is 1.85. The molecule has 0 aromatic heterocycles. The number of allylic oxidation sites excluding steroid dienone is 2. The lowest BCUT2D eigenvalue weighted by Crippen LogP contribution is -1.99. The molecule has 16 heavy (non-hydrogen) atoms. The van der Waals surface area contributed by atoms with E-state index in [1.165, 1.54) is 0 Å². The Bertz CT molecular complexity index is 565. The highest BCUT2D eigenvalue weighted by molar-refractivity contribution is 6.14. The Morgan fingerprint density at radius 3 is 2.62 bits per heavy atom. The maximum Gasteiger partial charge on any atom is 0.186 e. The van der Waals surface area contributed by atoms with Crippen LogP contribution in [0.5, 0.6) is 0 Å². The van der Waals surface area contributed by atoms with Crippen LogP contribution in [0.2, 0.25) is 0 Å². The van der Waals surface area contributed by atoms with Crippen molar-refractivity contribution in [3.05, 3.63) is 59.7 Å². The molecule has 0 N–H and O–H groups in total. The number of carbonyl (C=O) groups excluding carboxylic acids is 1. The van der Waals surface area contributed by atoms with Gasteiger partial charge in [0, 0.05) is 5.56 Å². The van der Waals surface area contributed by atoms with Gasteiger partial charge < -0.3 is 0 Å². The lowest BCUT2D eigenvalue weighted by molar-refractivity contribution is 0.104. The monoisotopic (exact) mass is 210 g/mol. The summed E-state index contributed by atoms with van der Waals surface area (Å²) < 4.78 is 0. The molecule has 0 spiro atoms. The second-order valence-corrected chi connectivity index (χ2v) is 3.84. The van der Waals surface area contributed by atoms with Gasteiger partial charge in [0.1, 0.15) is 0 Å². The van der Waals surface area contributed by atoms with E-state index in [1.54, 1.807) is 12.2 Å². The quantitative estimate of drug-likeness (QED) is 0.542. The smallest absolute Gasteiger partial charge is 0.186 e. The average molecular weight is 210 g/mol. The van der Waals surface area contributed by atoms with E-state index >= 15 is 0 Å². The van der Waals surface area contributed by atoms with Crippen molar-refractivity contribution in [2.24, 2.45) is 0 Å². The zero-order valence-electron chi connectivity index (χ0n) is 9.53. The molecule has 0 amide bonds. The minimum Gasteiger partial charge on any atom is -0.289 e. The normalized spacial score (nSPS) is 11.1. The lowest BCUT2D eigenvalue weighted by atomic mass is 9.96. The molecule has 2 aromatic rings. The maximum atomic E-state index is 12.0. The van der Waals surface area contributed by atoms with E-state index in [2.05, 4.69) is 6.07 Å². The third-order valence-corrected chi connectivity index (χ3v) is 2.70. The molecule has 0 bridgehead atoms. The van der Waals surface area contributed by atoms with Crippen LogP contribution in [0.1, 0.15) is 22.8 Å². The molecule has 0 aliphatic rings. The Kier molecular flexibility index (Phi) is 2.86. The average Bonchev–Trinajstić information content (AvgIpc) is 2.29. The maximum absolute atomic E-state index is 12.0. The summed E-state index contributed by atoms with van der Waals surface area (Å²) >= 11 is 0. The van der Waals surface area contributed by atoms with Crippen LogP contribution in [0, 0.1) is 6.92 Å². The van der Waals surface area contributed by atoms with Gasteiger partial charge in [-0.3, -0.25) is 4.79 Å². The number of fused-ring (bicyclic) bond motifs is 1. The summed E-state index contributed by atoms with van der Waals surface area (Å²) in [7, 11) is 0. The van der Waals surface area contributed by atoms with Crippen LogP contribution in [0.4, 0.5) is 0 Å². The van der Waals surface area contributed by atoms with Crippen molar-refractivity contribution in [3.63, 3.8) is 0 Å². The number of rotatable bonds is 2. The van der Waals surface area contributed by atoms with Gasteiger partial charge in [0.05, 0.1) is 0 Å². The molecule has 0 aliphatic carbocycles. The SMILES string of the molecule is C/C=C/C(=O)c1c(C)ccc2ccccc12. The predicted octanol–water partition coefficient (Wildman–Crippen LogP) is 3.91. The Morgan fingerprint density at radius 1 is 1.12 bits per heavy atom. The summed E-state index contributed by atoms with van der Waals surface area (Å²) in [4.78, 5) is 12.0. The molecule has 0 heterocycles. The molecule has 0 saturated heterocycles. The molecule has 0 atom stereocenters. The molecule has 0 aliphatic heterocycles. The first-order chi connectivity index (χ1) is 7.74. The van der Waals surface area contributed by atoms with Gasteiger partial charge in [0.15, 0.2) is 5.78 Å². The fourth-order valence-electron chi connectivity index (χ4n) is 1.94. The van der Waals surface area contributed by atoms with Crippen molar-refractivity contribution in [1.29, 1.82) is 0 Å². The summed E-state index contributed by atoms with van der Waals surface area (Å²) in [5.74, 6) is 0.0804. The highest BCUT2D eigenvalue weighted by Crippen LogP contribution is 2.22. The van der Waals surface area contributed by atoms with E-state index in [0.717, 1.165) is 21.9 Å². The molecule has 1 heteroatoms. The third kappa shape index (κ3) is 1.76.